The summed E-state index contributed by atoms with van der Waals surface area (Å²) in [5.74, 6) is 0. The van der Waals surface area contributed by atoms with Gasteiger partial charge in [0.15, 0.2) is 0 Å². The molecule has 2 N–H and O–H groups in total. The van der Waals surface area contributed by atoms with Crippen LogP contribution in [0.15, 0.2) is 48.5 Å². The number of nitrogens with one attached hydrogen (secondary N) is 1. The van der Waals surface area contributed by atoms with Gasteiger partial charge in [-0.25, -0.2) is 0 Å². The first kappa shape index (κ1) is 13.3. The molecule has 0 aromatic heterocycles. The number of aliphatic hydroxyl groups is 1. The third kappa shape index (κ3) is 2.49. The van der Waals surface area contributed by atoms with E-state index in [1.54, 1.807) is 0 Å². The van der Waals surface area contributed by atoms with Gasteiger partial charge in [0.25, 0.3) is 0 Å². The maximum absolute atomic E-state index is 10.7. The molecule has 1 heterocycles. The third-order valence-electron chi connectivity index (χ3n) is 4.19. The second kappa shape index (κ2) is 5.78. The first-order valence-corrected chi connectivity index (χ1v) is 7.37. The quantitative estimate of drug-likeness (QED) is 0.895. The van der Waals surface area contributed by atoms with Crippen molar-refractivity contribution in [3.63, 3.8) is 0 Å². The molecule has 2 nitrogen and oxygen atoms in total. The summed E-state index contributed by atoms with van der Waals surface area (Å²) in [4.78, 5) is 0. The fourth-order valence-corrected chi connectivity index (χ4v) is 2.96. The summed E-state index contributed by atoms with van der Waals surface area (Å²) >= 11 is 0. The highest BCUT2D eigenvalue weighted by Gasteiger charge is 2.26. The standard InChI is InChI=1S/C18H21NO/c1-2-13-7-9-15(10-8-13)18(20)17-16-6-4-3-5-14(16)11-12-19-17/h3-10,17-20H,2,11-12H2,1H3. The molecule has 0 aliphatic carbocycles. The van der Waals surface area contributed by atoms with Crippen molar-refractivity contribution in [2.75, 3.05) is 6.54 Å². The average Bonchev–Trinajstić information content (AvgIpc) is 2.54. The highest BCUT2D eigenvalue weighted by molar-refractivity contribution is 5.35. The molecule has 104 valence electrons. The first-order valence-electron chi connectivity index (χ1n) is 7.37. The molecule has 0 amide bonds. The topological polar surface area (TPSA) is 32.3 Å². The Balaban J connectivity index is 1.89. The molecular weight excluding hydrogens is 246 g/mol. The number of hydrogen-bond donors (Lipinski definition) is 2. The van der Waals surface area contributed by atoms with Gasteiger partial charge in [0.05, 0.1) is 12.1 Å². The van der Waals surface area contributed by atoms with E-state index in [9.17, 15) is 5.11 Å². The fraction of sp³-hybridized carbons (Fsp3) is 0.333. The second-order valence-electron chi connectivity index (χ2n) is 5.42. The van der Waals surface area contributed by atoms with Gasteiger partial charge in [0, 0.05) is 0 Å². The maximum atomic E-state index is 10.7. The zero-order chi connectivity index (χ0) is 13.9. The van der Waals surface area contributed by atoms with Crippen LogP contribution in [0.25, 0.3) is 0 Å². The molecule has 3 rings (SSSR count). The molecule has 0 spiro atoms. The molecule has 0 bridgehead atoms. The minimum absolute atomic E-state index is 0.00701. The van der Waals surface area contributed by atoms with Crippen molar-refractivity contribution in [1.82, 2.24) is 5.32 Å². The average molecular weight is 267 g/mol. The maximum Gasteiger partial charge on any atom is 0.0984 e. The summed E-state index contributed by atoms with van der Waals surface area (Å²) in [5, 5.41) is 14.1. The lowest BCUT2D eigenvalue weighted by Gasteiger charge is -2.31. The number of rotatable bonds is 3. The minimum Gasteiger partial charge on any atom is -0.386 e. The zero-order valence-electron chi connectivity index (χ0n) is 11.8. The Morgan fingerprint density at radius 2 is 1.90 bits per heavy atom. The summed E-state index contributed by atoms with van der Waals surface area (Å²) in [5.41, 5.74) is 4.86. The lowest BCUT2D eigenvalue weighted by Crippen LogP contribution is -2.33. The van der Waals surface area contributed by atoms with Crippen LogP contribution in [0.1, 0.15) is 41.3 Å². The van der Waals surface area contributed by atoms with E-state index in [1.165, 1.54) is 16.7 Å². The predicted molar refractivity (Wildman–Crippen MR) is 81.7 cm³/mol. The van der Waals surface area contributed by atoms with Gasteiger partial charge in [0.1, 0.15) is 0 Å². The van der Waals surface area contributed by atoms with E-state index in [1.807, 2.05) is 18.2 Å². The Morgan fingerprint density at radius 3 is 2.65 bits per heavy atom. The normalized spacial score (nSPS) is 19.4. The SMILES string of the molecule is CCc1ccc(C(O)C2NCCc3ccccc32)cc1. The Bertz CT molecular complexity index is 576. The third-order valence-corrected chi connectivity index (χ3v) is 4.19. The number of hydrogen-bond acceptors (Lipinski definition) is 2. The molecule has 1 aliphatic rings. The summed E-state index contributed by atoms with van der Waals surface area (Å²) in [6.07, 6.45) is 1.57. The molecule has 20 heavy (non-hydrogen) atoms. The number of fused-ring (bicyclic) bond motifs is 1. The van der Waals surface area contributed by atoms with Gasteiger partial charge in [-0.3, -0.25) is 0 Å². The van der Waals surface area contributed by atoms with E-state index in [4.69, 9.17) is 0 Å². The van der Waals surface area contributed by atoms with Crippen molar-refractivity contribution in [3.8, 4) is 0 Å². The van der Waals surface area contributed by atoms with Crippen LogP contribution < -0.4 is 5.32 Å². The summed E-state index contributed by atoms with van der Waals surface area (Å²) in [6, 6.07) is 16.7. The first-order chi connectivity index (χ1) is 9.79. The second-order valence-corrected chi connectivity index (χ2v) is 5.42. The van der Waals surface area contributed by atoms with Crippen molar-refractivity contribution in [2.45, 2.75) is 31.9 Å². The van der Waals surface area contributed by atoms with Gasteiger partial charge in [-0.2, -0.15) is 0 Å². The fourth-order valence-electron chi connectivity index (χ4n) is 2.96. The van der Waals surface area contributed by atoms with Gasteiger partial charge in [0.2, 0.25) is 0 Å². The van der Waals surface area contributed by atoms with Crippen molar-refractivity contribution in [3.05, 3.63) is 70.8 Å². The van der Waals surface area contributed by atoms with Crippen molar-refractivity contribution < 1.29 is 5.11 Å². The van der Waals surface area contributed by atoms with Crippen LogP contribution in [-0.4, -0.2) is 11.7 Å². The summed E-state index contributed by atoms with van der Waals surface area (Å²) < 4.78 is 0. The molecule has 0 radical (unpaired) electrons. The Labute approximate surface area is 120 Å². The summed E-state index contributed by atoms with van der Waals surface area (Å²) in [7, 11) is 0. The van der Waals surface area contributed by atoms with Gasteiger partial charge in [-0.1, -0.05) is 55.5 Å². The van der Waals surface area contributed by atoms with Crippen LogP contribution >= 0.6 is 0 Å². The highest BCUT2D eigenvalue weighted by atomic mass is 16.3. The van der Waals surface area contributed by atoms with Gasteiger partial charge in [-0.15, -0.1) is 0 Å². The van der Waals surface area contributed by atoms with Crippen LogP contribution in [0.5, 0.6) is 0 Å². The molecule has 0 fully saturated rings. The zero-order valence-corrected chi connectivity index (χ0v) is 11.8. The predicted octanol–water partition coefficient (Wildman–Crippen LogP) is 3.17. The molecule has 0 saturated heterocycles. The monoisotopic (exact) mass is 267 g/mol. The Kier molecular flexibility index (Phi) is 3.86. The highest BCUT2D eigenvalue weighted by Crippen LogP contribution is 2.33. The largest absolute Gasteiger partial charge is 0.386 e. The number of benzene rings is 2. The van der Waals surface area contributed by atoms with Crippen LogP contribution in [0.3, 0.4) is 0 Å². The number of aliphatic hydroxyl groups excluding tert-OH is 1. The molecule has 2 aromatic carbocycles. The van der Waals surface area contributed by atoms with Gasteiger partial charge in [-0.05, 0) is 41.6 Å². The molecule has 2 unspecified atom stereocenters. The van der Waals surface area contributed by atoms with Crippen molar-refractivity contribution in [1.29, 1.82) is 0 Å². The van der Waals surface area contributed by atoms with Crippen molar-refractivity contribution in [2.24, 2.45) is 0 Å². The Hall–Kier alpha value is -1.64. The van der Waals surface area contributed by atoms with Gasteiger partial charge >= 0.3 is 0 Å². The molecule has 2 atom stereocenters. The smallest absolute Gasteiger partial charge is 0.0984 e. The minimum atomic E-state index is -0.498. The van der Waals surface area contributed by atoms with Crippen LogP contribution in [-0.2, 0) is 12.8 Å². The van der Waals surface area contributed by atoms with E-state index in [0.717, 1.165) is 24.9 Å². The lowest BCUT2D eigenvalue weighted by atomic mass is 9.88. The molecular formula is C18H21NO. The lowest BCUT2D eigenvalue weighted by molar-refractivity contribution is 0.125. The van der Waals surface area contributed by atoms with Crippen LogP contribution in [0.2, 0.25) is 0 Å². The van der Waals surface area contributed by atoms with Crippen LogP contribution in [0, 0.1) is 0 Å². The van der Waals surface area contributed by atoms with E-state index >= 15 is 0 Å². The number of aryl methyl sites for hydroxylation is 1. The van der Waals surface area contributed by atoms with Gasteiger partial charge < -0.3 is 10.4 Å². The van der Waals surface area contributed by atoms with E-state index in [-0.39, 0.29) is 6.04 Å². The molecule has 2 aromatic rings. The van der Waals surface area contributed by atoms with E-state index in [0.29, 0.717) is 0 Å². The van der Waals surface area contributed by atoms with Crippen LogP contribution in [0.4, 0.5) is 0 Å². The van der Waals surface area contributed by atoms with Crippen molar-refractivity contribution >= 4 is 0 Å². The molecule has 1 aliphatic heterocycles. The summed E-state index contributed by atoms with van der Waals surface area (Å²) in [6.45, 7) is 3.07. The molecule has 0 saturated carbocycles. The van der Waals surface area contributed by atoms with E-state index < -0.39 is 6.10 Å². The molecule has 2 heteroatoms. The van der Waals surface area contributed by atoms with E-state index in [2.05, 4.69) is 42.6 Å². The Morgan fingerprint density at radius 1 is 1.15 bits per heavy atom.